The normalized spacial score (nSPS) is 19.3. The molecule has 0 saturated carbocycles. The van der Waals surface area contributed by atoms with Crippen molar-refractivity contribution < 1.29 is 33.3 Å². The van der Waals surface area contributed by atoms with Gasteiger partial charge in [0.2, 0.25) is 5.91 Å². The third kappa shape index (κ3) is 14.8. The van der Waals surface area contributed by atoms with Crippen LogP contribution in [0.15, 0.2) is 48.5 Å². The summed E-state index contributed by atoms with van der Waals surface area (Å²) in [5.41, 5.74) is 11.7. The minimum absolute atomic E-state index is 0.0223. The highest BCUT2D eigenvalue weighted by atomic mass is 35.5. The topological polar surface area (TPSA) is 147 Å². The third-order valence-corrected chi connectivity index (χ3v) is 8.72. The number of carbonyl (C=O) groups is 3. The summed E-state index contributed by atoms with van der Waals surface area (Å²) in [6.45, 7) is 14.4. The van der Waals surface area contributed by atoms with E-state index in [9.17, 15) is 14.4 Å². The number of hydrogen-bond acceptors (Lipinski definition) is 8. The molecule has 4 N–H and O–H groups in total. The SMILES string of the molecule is CC(C)(C)OC(=O)N1CCC[C@@H]([C@@H](OCC(N)=O)c2cccc(Cl)c2)C1.CC(C)(C)OC(=O)N1CCC[C@@H]([C@@H](OCCN)c2cccc(Cl)c2)C1. The quantitative estimate of drug-likeness (QED) is 0.253. The van der Waals surface area contributed by atoms with Crippen molar-refractivity contribution in [3.63, 3.8) is 0 Å². The lowest BCUT2D eigenvalue weighted by atomic mass is 9.88. The van der Waals surface area contributed by atoms with Gasteiger partial charge in [-0.25, -0.2) is 9.59 Å². The second kappa shape index (κ2) is 19.7. The summed E-state index contributed by atoms with van der Waals surface area (Å²) in [5, 5.41) is 1.27. The molecule has 0 aromatic heterocycles. The second-order valence-electron chi connectivity index (χ2n) is 15.0. The number of amides is 3. The summed E-state index contributed by atoms with van der Waals surface area (Å²) in [6, 6.07) is 15.1. The predicted octanol–water partition coefficient (Wildman–Crippen LogP) is 7.53. The van der Waals surface area contributed by atoms with Crippen molar-refractivity contribution in [2.75, 3.05) is 45.9 Å². The Morgan fingerprint density at radius 3 is 1.57 bits per heavy atom. The molecule has 2 aromatic rings. The first-order valence-electron chi connectivity index (χ1n) is 17.6. The molecule has 2 aromatic carbocycles. The molecule has 3 amide bonds. The van der Waals surface area contributed by atoms with E-state index in [1.54, 1.807) is 15.9 Å². The average Bonchev–Trinajstić information content (AvgIpc) is 3.04. The van der Waals surface area contributed by atoms with Crippen LogP contribution in [-0.2, 0) is 23.7 Å². The Bertz CT molecular complexity index is 1430. The number of carbonyl (C=O) groups excluding carboxylic acids is 3. The first-order valence-corrected chi connectivity index (χ1v) is 18.4. The molecule has 4 atom stereocenters. The Balaban J connectivity index is 0.000000276. The Labute approximate surface area is 313 Å². The molecule has 2 fully saturated rings. The molecule has 0 aliphatic carbocycles. The van der Waals surface area contributed by atoms with Gasteiger partial charge in [-0.3, -0.25) is 4.79 Å². The minimum atomic E-state index is -0.543. The van der Waals surface area contributed by atoms with E-state index in [-0.39, 0.29) is 42.8 Å². The van der Waals surface area contributed by atoms with Crippen molar-refractivity contribution in [3.8, 4) is 0 Å². The third-order valence-electron chi connectivity index (χ3n) is 8.25. The fourth-order valence-corrected chi connectivity index (χ4v) is 6.64. The molecule has 13 heteroatoms. The van der Waals surface area contributed by atoms with Gasteiger partial charge >= 0.3 is 12.2 Å². The van der Waals surface area contributed by atoms with Gasteiger partial charge in [0.1, 0.15) is 17.8 Å². The molecule has 2 heterocycles. The Hall–Kier alpha value is -3.09. The highest BCUT2D eigenvalue weighted by Crippen LogP contribution is 2.36. The van der Waals surface area contributed by atoms with E-state index in [2.05, 4.69) is 0 Å². The summed E-state index contributed by atoms with van der Waals surface area (Å²) >= 11 is 12.3. The van der Waals surface area contributed by atoms with Gasteiger partial charge in [0.25, 0.3) is 0 Å². The lowest BCUT2D eigenvalue weighted by Gasteiger charge is -2.37. The van der Waals surface area contributed by atoms with Gasteiger partial charge in [0.15, 0.2) is 0 Å². The number of primary amides is 1. The van der Waals surface area contributed by atoms with Gasteiger partial charge in [-0.15, -0.1) is 0 Å². The van der Waals surface area contributed by atoms with Gasteiger partial charge in [0, 0.05) is 54.6 Å². The van der Waals surface area contributed by atoms with Crippen LogP contribution in [0.4, 0.5) is 9.59 Å². The van der Waals surface area contributed by atoms with E-state index in [0.29, 0.717) is 49.4 Å². The number of nitrogens with two attached hydrogens (primary N) is 2. The smallest absolute Gasteiger partial charge is 0.410 e. The molecule has 2 saturated heterocycles. The van der Waals surface area contributed by atoms with E-state index in [4.69, 9.17) is 53.6 Å². The van der Waals surface area contributed by atoms with Gasteiger partial charge in [-0.05, 0) is 103 Å². The summed E-state index contributed by atoms with van der Waals surface area (Å²) in [4.78, 5) is 39.5. The first kappa shape index (κ1) is 42.3. The monoisotopic (exact) mass is 750 g/mol. The van der Waals surface area contributed by atoms with Gasteiger partial charge < -0.3 is 40.2 Å². The number of hydrogen-bond donors (Lipinski definition) is 2. The summed E-state index contributed by atoms with van der Waals surface area (Å²) in [6.07, 6.45) is 2.52. The molecule has 284 valence electrons. The van der Waals surface area contributed by atoms with Crippen LogP contribution in [0.1, 0.15) is 90.6 Å². The molecular weight excluding hydrogens is 695 g/mol. The van der Waals surface area contributed by atoms with Crippen LogP contribution in [0.5, 0.6) is 0 Å². The largest absolute Gasteiger partial charge is 0.444 e. The van der Waals surface area contributed by atoms with Crippen molar-refractivity contribution in [2.24, 2.45) is 23.3 Å². The molecule has 2 aliphatic heterocycles. The zero-order valence-electron chi connectivity index (χ0n) is 30.9. The van der Waals surface area contributed by atoms with Gasteiger partial charge in [0.05, 0.1) is 18.8 Å². The molecule has 0 spiro atoms. The highest BCUT2D eigenvalue weighted by Gasteiger charge is 2.35. The molecule has 4 rings (SSSR count). The Kier molecular flexibility index (Phi) is 16.3. The van der Waals surface area contributed by atoms with Crippen LogP contribution in [0.2, 0.25) is 10.0 Å². The first-order chi connectivity index (χ1) is 24.0. The molecular formula is C38H56Cl2N4O7. The number of rotatable bonds is 10. The van der Waals surface area contributed by atoms with Gasteiger partial charge in [-0.2, -0.15) is 0 Å². The predicted molar refractivity (Wildman–Crippen MR) is 200 cm³/mol. The van der Waals surface area contributed by atoms with E-state index < -0.39 is 17.1 Å². The second-order valence-corrected chi connectivity index (χ2v) is 15.9. The summed E-state index contributed by atoms with van der Waals surface area (Å²) in [5.74, 6) is -0.322. The van der Waals surface area contributed by atoms with Crippen LogP contribution in [-0.4, -0.2) is 85.0 Å². The summed E-state index contributed by atoms with van der Waals surface area (Å²) < 4.78 is 22.8. The van der Waals surface area contributed by atoms with Crippen molar-refractivity contribution in [3.05, 3.63) is 69.7 Å². The maximum absolute atomic E-state index is 12.4. The van der Waals surface area contributed by atoms with Crippen LogP contribution in [0.25, 0.3) is 0 Å². The molecule has 0 bridgehead atoms. The average molecular weight is 752 g/mol. The minimum Gasteiger partial charge on any atom is -0.444 e. The van der Waals surface area contributed by atoms with Crippen LogP contribution >= 0.6 is 23.2 Å². The van der Waals surface area contributed by atoms with Crippen molar-refractivity contribution in [1.29, 1.82) is 0 Å². The lowest BCUT2D eigenvalue weighted by molar-refractivity contribution is -0.126. The van der Waals surface area contributed by atoms with Crippen molar-refractivity contribution in [2.45, 2.75) is 90.6 Å². The fraction of sp³-hybridized carbons (Fsp3) is 0.605. The van der Waals surface area contributed by atoms with E-state index in [0.717, 1.165) is 36.8 Å². The fourth-order valence-electron chi connectivity index (χ4n) is 6.24. The zero-order valence-corrected chi connectivity index (χ0v) is 32.4. The number of nitrogens with zero attached hydrogens (tertiary/aromatic N) is 2. The van der Waals surface area contributed by atoms with Gasteiger partial charge in [-0.1, -0.05) is 47.5 Å². The molecule has 0 radical (unpaired) electrons. The molecule has 0 unspecified atom stereocenters. The van der Waals surface area contributed by atoms with Crippen molar-refractivity contribution >= 4 is 41.3 Å². The van der Waals surface area contributed by atoms with E-state index >= 15 is 0 Å². The lowest BCUT2D eigenvalue weighted by Crippen LogP contribution is -2.44. The summed E-state index contributed by atoms with van der Waals surface area (Å²) in [7, 11) is 0. The number of piperidine rings is 2. The number of benzene rings is 2. The Morgan fingerprint density at radius 1 is 0.765 bits per heavy atom. The molecule has 51 heavy (non-hydrogen) atoms. The zero-order chi connectivity index (χ0) is 37.8. The number of likely N-dealkylation sites (tertiary alicyclic amines) is 2. The molecule has 2 aliphatic rings. The van der Waals surface area contributed by atoms with Crippen LogP contribution in [0, 0.1) is 11.8 Å². The number of halogens is 2. The standard InChI is InChI=1S/C19H27ClN2O4.C19H29ClN2O3/c1-19(2,3)26-18(24)22-9-5-7-14(11-22)17(25-12-16(21)23)13-6-4-8-15(20)10-13;1-19(2,3)25-18(23)22-10-5-7-15(13-22)17(24-11-9-21)14-6-4-8-16(20)12-14/h4,6,8,10,14,17H,5,7,9,11-12H2,1-3H3,(H2,21,23);4,6,8,12,15,17H,5,7,9-11,13,21H2,1-3H3/t14-,17+;15-,17+/m11/s1. The van der Waals surface area contributed by atoms with E-state index in [1.807, 2.05) is 84.0 Å². The number of ether oxygens (including phenoxy) is 4. The van der Waals surface area contributed by atoms with Crippen molar-refractivity contribution in [1.82, 2.24) is 9.80 Å². The van der Waals surface area contributed by atoms with E-state index in [1.165, 1.54) is 0 Å². The highest BCUT2D eigenvalue weighted by molar-refractivity contribution is 6.30. The van der Waals surface area contributed by atoms with Crippen LogP contribution in [0.3, 0.4) is 0 Å². The van der Waals surface area contributed by atoms with Crippen LogP contribution < -0.4 is 11.5 Å². The maximum Gasteiger partial charge on any atom is 0.410 e. The Morgan fingerprint density at radius 2 is 1.20 bits per heavy atom. The molecule has 11 nitrogen and oxygen atoms in total. The maximum atomic E-state index is 12.4.